The summed E-state index contributed by atoms with van der Waals surface area (Å²) in [6.07, 6.45) is 2.12. The molecule has 1 amide bonds. The molecule has 0 saturated carbocycles. The van der Waals surface area contributed by atoms with Crippen molar-refractivity contribution in [2.24, 2.45) is 0 Å². The molecule has 1 fully saturated rings. The number of benzene rings is 2. The van der Waals surface area contributed by atoms with E-state index in [9.17, 15) is 13.2 Å². The van der Waals surface area contributed by atoms with Gasteiger partial charge in [-0.05, 0) is 55.9 Å². The van der Waals surface area contributed by atoms with E-state index < -0.39 is 10.0 Å². The van der Waals surface area contributed by atoms with E-state index in [0.717, 1.165) is 11.4 Å². The number of carbonyl (C=O) groups excluding carboxylic acids is 1. The van der Waals surface area contributed by atoms with Gasteiger partial charge in [0.1, 0.15) is 0 Å². The fraction of sp³-hybridized carbons (Fsp3) is 0.304. The third kappa shape index (κ3) is 4.96. The predicted octanol–water partition coefficient (Wildman–Crippen LogP) is 3.28. The Bertz CT molecular complexity index is 1250. The number of hydrogen-bond acceptors (Lipinski definition) is 5. The molecule has 1 aliphatic rings. The van der Waals surface area contributed by atoms with Crippen molar-refractivity contribution in [3.63, 3.8) is 0 Å². The third-order valence-corrected chi connectivity index (χ3v) is 7.86. The first-order chi connectivity index (χ1) is 15.8. The Kier molecular flexibility index (Phi) is 6.85. The Labute approximate surface area is 198 Å². The molecule has 8 nitrogen and oxygen atoms in total. The van der Waals surface area contributed by atoms with Crippen LogP contribution in [0.5, 0.6) is 0 Å². The standard InChI is InChI=1S/C23H26ClN5O3S/c1-3-22-21(16-25-29(22)19-6-4-5-17(24)15-19)23(30)26-18-7-9-20(10-8-18)33(31,32)28-13-11-27(2)12-14-28/h4-10,15-16H,3,11-14H2,1-2H3,(H,26,30). The van der Waals surface area contributed by atoms with E-state index in [2.05, 4.69) is 15.3 Å². The molecule has 1 N–H and O–H groups in total. The van der Waals surface area contributed by atoms with Crippen LogP contribution < -0.4 is 5.32 Å². The molecule has 2 aromatic carbocycles. The van der Waals surface area contributed by atoms with Crippen molar-refractivity contribution in [3.05, 3.63) is 71.0 Å². The normalized spacial score (nSPS) is 15.5. The maximum absolute atomic E-state index is 12.9. The van der Waals surface area contributed by atoms with E-state index in [4.69, 9.17) is 11.6 Å². The first kappa shape index (κ1) is 23.4. The number of aromatic nitrogens is 2. The molecule has 4 rings (SSSR count). The quantitative estimate of drug-likeness (QED) is 0.576. The predicted molar refractivity (Wildman–Crippen MR) is 129 cm³/mol. The van der Waals surface area contributed by atoms with Crippen LogP contribution in [0.4, 0.5) is 5.69 Å². The van der Waals surface area contributed by atoms with Crippen molar-refractivity contribution in [2.75, 3.05) is 38.5 Å². The summed E-state index contributed by atoms with van der Waals surface area (Å²) in [4.78, 5) is 15.3. The molecular weight excluding hydrogens is 462 g/mol. The lowest BCUT2D eigenvalue weighted by Crippen LogP contribution is -2.46. The number of rotatable bonds is 6. The highest BCUT2D eigenvalue weighted by molar-refractivity contribution is 7.89. The highest BCUT2D eigenvalue weighted by atomic mass is 35.5. The summed E-state index contributed by atoms with van der Waals surface area (Å²) in [5.41, 5.74) is 2.49. The molecule has 0 atom stereocenters. The van der Waals surface area contributed by atoms with Gasteiger partial charge in [0.2, 0.25) is 10.0 Å². The Morgan fingerprint density at radius 2 is 1.79 bits per heavy atom. The van der Waals surface area contributed by atoms with E-state index in [-0.39, 0.29) is 10.8 Å². The largest absolute Gasteiger partial charge is 0.322 e. The minimum Gasteiger partial charge on any atom is -0.322 e. The summed E-state index contributed by atoms with van der Waals surface area (Å²) in [5.74, 6) is -0.310. The molecule has 0 radical (unpaired) electrons. The first-order valence-electron chi connectivity index (χ1n) is 10.7. The van der Waals surface area contributed by atoms with Crippen molar-refractivity contribution >= 4 is 33.2 Å². The Hall–Kier alpha value is -2.72. The van der Waals surface area contributed by atoms with Gasteiger partial charge in [0, 0.05) is 36.9 Å². The molecule has 174 valence electrons. The van der Waals surface area contributed by atoms with Crippen LogP contribution in [0.1, 0.15) is 23.0 Å². The number of piperazine rings is 1. The van der Waals surface area contributed by atoms with Gasteiger partial charge in [-0.1, -0.05) is 24.6 Å². The zero-order valence-corrected chi connectivity index (χ0v) is 20.1. The number of amides is 1. The van der Waals surface area contributed by atoms with E-state index in [1.807, 2.05) is 26.1 Å². The highest BCUT2D eigenvalue weighted by Gasteiger charge is 2.27. The maximum Gasteiger partial charge on any atom is 0.259 e. The van der Waals surface area contributed by atoms with Gasteiger partial charge in [0.15, 0.2) is 0 Å². The van der Waals surface area contributed by atoms with Crippen LogP contribution in [0, 0.1) is 0 Å². The van der Waals surface area contributed by atoms with Crippen LogP contribution >= 0.6 is 11.6 Å². The van der Waals surface area contributed by atoms with Crippen LogP contribution in [0.3, 0.4) is 0 Å². The first-order valence-corrected chi connectivity index (χ1v) is 12.5. The molecule has 0 spiro atoms. The average Bonchev–Trinajstić information content (AvgIpc) is 3.24. The second-order valence-electron chi connectivity index (χ2n) is 7.94. The monoisotopic (exact) mass is 487 g/mol. The molecule has 10 heteroatoms. The van der Waals surface area contributed by atoms with Gasteiger partial charge in [0.25, 0.3) is 5.91 Å². The maximum atomic E-state index is 12.9. The third-order valence-electron chi connectivity index (χ3n) is 5.71. The summed E-state index contributed by atoms with van der Waals surface area (Å²) in [6.45, 7) is 4.29. The van der Waals surface area contributed by atoms with Gasteiger partial charge in [-0.25, -0.2) is 13.1 Å². The molecule has 33 heavy (non-hydrogen) atoms. The summed E-state index contributed by atoms with van der Waals surface area (Å²) in [7, 11) is -1.58. The number of likely N-dealkylation sites (N-methyl/N-ethyl adjacent to an activating group) is 1. The number of halogens is 1. The summed E-state index contributed by atoms with van der Waals surface area (Å²) < 4.78 is 29.0. The van der Waals surface area contributed by atoms with Gasteiger partial charge in [-0.2, -0.15) is 9.40 Å². The van der Waals surface area contributed by atoms with Gasteiger partial charge in [-0.15, -0.1) is 0 Å². The highest BCUT2D eigenvalue weighted by Crippen LogP contribution is 2.22. The van der Waals surface area contributed by atoms with Crippen LogP contribution in [-0.2, 0) is 16.4 Å². The number of carbonyl (C=O) groups is 1. The lowest BCUT2D eigenvalue weighted by atomic mass is 10.2. The van der Waals surface area contributed by atoms with Crippen LogP contribution in [0.25, 0.3) is 5.69 Å². The van der Waals surface area contributed by atoms with Gasteiger partial charge in [-0.3, -0.25) is 4.79 Å². The zero-order valence-electron chi connectivity index (χ0n) is 18.5. The second kappa shape index (κ2) is 9.64. The Morgan fingerprint density at radius 1 is 1.09 bits per heavy atom. The molecule has 1 aliphatic heterocycles. The smallest absolute Gasteiger partial charge is 0.259 e. The van der Waals surface area contributed by atoms with Crippen molar-refractivity contribution in [1.82, 2.24) is 19.0 Å². The number of nitrogens with one attached hydrogen (secondary N) is 1. The van der Waals surface area contributed by atoms with Crippen molar-refractivity contribution < 1.29 is 13.2 Å². The van der Waals surface area contributed by atoms with Crippen molar-refractivity contribution in [1.29, 1.82) is 0 Å². The summed E-state index contributed by atoms with van der Waals surface area (Å²) in [6, 6.07) is 13.5. The second-order valence-corrected chi connectivity index (χ2v) is 10.3. The van der Waals surface area contributed by atoms with Crippen LogP contribution in [-0.4, -0.2) is 66.5 Å². The molecule has 2 heterocycles. The minimum atomic E-state index is -3.55. The SMILES string of the molecule is CCc1c(C(=O)Nc2ccc(S(=O)(=O)N3CCN(C)CC3)cc2)cnn1-c1cccc(Cl)c1. The van der Waals surface area contributed by atoms with E-state index in [1.54, 1.807) is 28.9 Å². The summed E-state index contributed by atoms with van der Waals surface area (Å²) >= 11 is 6.10. The van der Waals surface area contributed by atoms with E-state index in [1.165, 1.54) is 22.6 Å². The van der Waals surface area contributed by atoms with Gasteiger partial charge < -0.3 is 10.2 Å². The average molecular weight is 488 g/mol. The Balaban J connectivity index is 1.50. The number of anilines is 1. The molecule has 0 bridgehead atoms. The van der Waals surface area contributed by atoms with Crippen LogP contribution in [0.2, 0.25) is 5.02 Å². The lowest BCUT2D eigenvalue weighted by Gasteiger charge is -2.31. The van der Waals surface area contributed by atoms with Gasteiger partial charge in [0.05, 0.1) is 28.0 Å². The lowest BCUT2D eigenvalue weighted by molar-refractivity contribution is 0.102. The zero-order chi connectivity index (χ0) is 23.6. The molecular formula is C23H26ClN5O3S. The summed E-state index contributed by atoms with van der Waals surface area (Å²) in [5, 5.41) is 7.80. The molecule has 0 unspecified atom stereocenters. The fourth-order valence-electron chi connectivity index (χ4n) is 3.82. The van der Waals surface area contributed by atoms with Crippen molar-refractivity contribution in [2.45, 2.75) is 18.2 Å². The van der Waals surface area contributed by atoms with Gasteiger partial charge >= 0.3 is 0 Å². The minimum absolute atomic E-state index is 0.216. The van der Waals surface area contributed by atoms with Crippen LogP contribution in [0.15, 0.2) is 59.6 Å². The molecule has 3 aromatic rings. The van der Waals surface area contributed by atoms with Crippen molar-refractivity contribution in [3.8, 4) is 5.69 Å². The number of nitrogens with zero attached hydrogens (tertiary/aromatic N) is 4. The fourth-order valence-corrected chi connectivity index (χ4v) is 5.43. The molecule has 1 aromatic heterocycles. The number of sulfonamides is 1. The topological polar surface area (TPSA) is 87.5 Å². The Morgan fingerprint density at radius 3 is 2.42 bits per heavy atom. The molecule has 0 aliphatic carbocycles. The van der Waals surface area contributed by atoms with E-state index >= 15 is 0 Å². The molecule has 1 saturated heterocycles. The van der Waals surface area contributed by atoms with E-state index in [0.29, 0.717) is 48.9 Å². The number of hydrogen-bond donors (Lipinski definition) is 1.